The SMILES string of the molecule is C[C@H]1COCCN1c1nc(-c2cnc(N)nc2)c2c(n1)N([C@@]1(C)CCN(C(=O)CN(C)C)C1)CC2. The minimum atomic E-state index is -0.190. The molecule has 0 aliphatic carbocycles. The van der Waals surface area contributed by atoms with Gasteiger partial charge in [-0.2, -0.15) is 4.98 Å². The Morgan fingerprint density at radius 3 is 2.71 bits per heavy atom. The normalized spacial score (nSPS) is 24.4. The topological polar surface area (TPSA) is 117 Å². The second-order valence-electron chi connectivity index (χ2n) is 10.3. The molecular formula is C24H35N9O2. The van der Waals surface area contributed by atoms with Crippen LogP contribution in [0.2, 0.25) is 0 Å². The number of fused-ring (bicyclic) bond motifs is 1. The molecule has 2 aromatic rings. The third-order valence-corrected chi connectivity index (χ3v) is 7.29. The molecule has 3 aliphatic heterocycles. The van der Waals surface area contributed by atoms with Crippen molar-refractivity contribution in [2.45, 2.75) is 38.3 Å². The van der Waals surface area contributed by atoms with Gasteiger partial charge >= 0.3 is 0 Å². The van der Waals surface area contributed by atoms with Crippen LogP contribution in [0.1, 0.15) is 25.8 Å². The molecule has 0 spiro atoms. The fourth-order valence-electron chi connectivity index (χ4n) is 5.37. The molecule has 5 rings (SSSR count). The van der Waals surface area contributed by atoms with E-state index in [4.69, 9.17) is 20.4 Å². The molecule has 0 bridgehead atoms. The number of hydrogen-bond donors (Lipinski definition) is 1. The van der Waals surface area contributed by atoms with Crippen molar-refractivity contribution in [3.8, 4) is 11.3 Å². The average molecular weight is 482 g/mol. The van der Waals surface area contributed by atoms with Gasteiger partial charge in [0.25, 0.3) is 0 Å². The largest absolute Gasteiger partial charge is 0.377 e. The van der Waals surface area contributed by atoms with Gasteiger partial charge in [-0.3, -0.25) is 4.79 Å². The molecule has 0 radical (unpaired) electrons. The summed E-state index contributed by atoms with van der Waals surface area (Å²) in [7, 11) is 3.86. The van der Waals surface area contributed by atoms with Gasteiger partial charge in [0.1, 0.15) is 5.82 Å². The molecule has 2 N–H and O–H groups in total. The van der Waals surface area contributed by atoms with Crippen LogP contribution in [0, 0.1) is 0 Å². The number of aromatic nitrogens is 4. The Morgan fingerprint density at radius 1 is 1.23 bits per heavy atom. The number of amides is 1. The van der Waals surface area contributed by atoms with Crippen LogP contribution < -0.4 is 15.5 Å². The number of ether oxygens (including phenoxy) is 1. The molecule has 0 aromatic carbocycles. The average Bonchev–Trinajstić information content (AvgIpc) is 3.44. The van der Waals surface area contributed by atoms with Gasteiger partial charge < -0.3 is 30.1 Å². The van der Waals surface area contributed by atoms with Crippen molar-refractivity contribution in [3.05, 3.63) is 18.0 Å². The Kier molecular flexibility index (Phi) is 6.22. The lowest BCUT2D eigenvalue weighted by Gasteiger charge is -2.38. The van der Waals surface area contributed by atoms with Crippen LogP contribution in [0.25, 0.3) is 11.3 Å². The highest BCUT2D eigenvalue weighted by Crippen LogP contribution is 2.41. The van der Waals surface area contributed by atoms with Crippen molar-refractivity contribution >= 4 is 23.6 Å². The van der Waals surface area contributed by atoms with Crippen molar-refractivity contribution in [2.24, 2.45) is 0 Å². The van der Waals surface area contributed by atoms with Gasteiger partial charge in [-0.1, -0.05) is 0 Å². The number of anilines is 3. The third-order valence-electron chi connectivity index (χ3n) is 7.29. The Balaban J connectivity index is 1.53. The molecule has 1 amide bonds. The first kappa shape index (κ1) is 23.7. The van der Waals surface area contributed by atoms with Crippen LogP contribution >= 0.6 is 0 Å². The number of carbonyl (C=O) groups is 1. The number of likely N-dealkylation sites (tertiary alicyclic amines) is 1. The van der Waals surface area contributed by atoms with Gasteiger partial charge in [0.2, 0.25) is 17.8 Å². The summed E-state index contributed by atoms with van der Waals surface area (Å²) in [5, 5.41) is 0. The number of hydrogen-bond acceptors (Lipinski definition) is 10. The van der Waals surface area contributed by atoms with Gasteiger partial charge in [-0.15, -0.1) is 0 Å². The molecule has 2 aromatic heterocycles. The lowest BCUT2D eigenvalue weighted by Crippen LogP contribution is -2.49. The van der Waals surface area contributed by atoms with Crippen LogP contribution in [0.5, 0.6) is 0 Å². The lowest BCUT2D eigenvalue weighted by molar-refractivity contribution is -0.130. The predicted molar refractivity (Wildman–Crippen MR) is 134 cm³/mol. The summed E-state index contributed by atoms with van der Waals surface area (Å²) in [5.74, 6) is 2.05. The Morgan fingerprint density at radius 2 is 2.00 bits per heavy atom. The molecule has 188 valence electrons. The molecule has 3 aliphatic rings. The van der Waals surface area contributed by atoms with Crippen LogP contribution in [0.4, 0.5) is 17.7 Å². The maximum absolute atomic E-state index is 12.8. The minimum absolute atomic E-state index is 0.170. The van der Waals surface area contributed by atoms with Gasteiger partial charge in [0, 0.05) is 49.7 Å². The highest BCUT2D eigenvalue weighted by Gasteiger charge is 2.44. The molecular weight excluding hydrogens is 446 g/mol. The smallest absolute Gasteiger partial charge is 0.236 e. The molecule has 35 heavy (non-hydrogen) atoms. The Labute approximate surface area is 206 Å². The zero-order valence-electron chi connectivity index (χ0n) is 21.1. The van der Waals surface area contributed by atoms with Crippen LogP contribution in [0.15, 0.2) is 12.4 Å². The quantitative estimate of drug-likeness (QED) is 0.652. The summed E-state index contributed by atoms with van der Waals surface area (Å²) in [4.78, 5) is 39.9. The number of rotatable bonds is 5. The van der Waals surface area contributed by atoms with E-state index in [1.54, 1.807) is 12.4 Å². The summed E-state index contributed by atoms with van der Waals surface area (Å²) in [6.07, 6.45) is 5.20. The van der Waals surface area contributed by atoms with Crippen LogP contribution in [0.3, 0.4) is 0 Å². The first-order chi connectivity index (χ1) is 16.7. The zero-order valence-corrected chi connectivity index (χ0v) is 21.1. The van der Waals surface area contributed by atoms with Gasteiger partial charge in [-0.25, -0.2) is 15.0 Å². The van der Waals surface area contributed by atoms with Crippen LogP contribution in [-0.2, 0) is 16.0 Å². The lowest BCUT2D eigenvalue weighted by atomic mass is 9.99. The number of nitrogen functional groups attached to an aromatic ring is 1. The standard InChI is InChI=1S/C24H35N9O2/c1-16-14-35-10-9-32(16)23-28-20(17-11-26-22(25)27-12-17)18-5-7-33(21(18)29-23)24(2)6-8-31(15-24)19(34)13-30(3)4/h11-12,16H,5-10,13-15H2,1-4H3,(H2,25,26,27)/t16-,24-/m0/s1. The predicted octanol–water partition coefficient (Wildman–Crippen LogP) is 0.656. The summed E-state index contributed by atoms with van der Waals surface area (Å²) in [6, 6.07) is 0.174. The number of nitrogens with two attached hydrogens (primary N) is 1. The molecule has 11 heteroatoms. The van der Waals surface area contributed by atoms with Gasteiger partial charge in [-0.05, 0) is 40.8 Å². The van der Waals surface area contributed by atoms with E-state index in [2.05, 4.69) is 33.6 Å². The molecule has 0 unspecified atom stereocenters. The van der Waals surface area contributed by atoms with E-state index in [-0.39, 0.29) is 23.4 Å². The summed E-state index contributed by atoms with van der Waals surface area (Å²) >= 11 is 0. The Bertz CT molecular complexity index is 1090. The molecule has 5 heterocycles. The van der Waals surface area contributed by atoms with Gasteiger partial charge in [0.05, 0.1) is 37.0 Å². The second kappa shape index (κ2) is 9.19. The summed E-state index contributed by atoms with van der Waals surface area (Å²) in [5.41, 5.74) is 8.35. The van der Waals surface area contributed by atoms with E-state index < -0.39 is 0 Å². The highest BCUT2D eigenvalue weighted by atomic mass is 16.5. The van der Waals surface area contributed by atoms with Crippen molar-refractivity contribution in [2.75, 3.05) is 75.6 Å². The van der Waals surface area contributed by atoms with Crippen molar-refractivity contribution in [3.63, 3.8) is 0 Å². The van der Waals surface area contributed by atoms with E-state index in [1.165, 1.54) is 0 Å². The zero-order chi connectivity index (χ0) is 24.7. The van der Waals surface area contributed by atoms with Crippen molar-refractivity contribution in [1.82, 2.24) is 29.7 Å². The molecule has 2 atom stereocenters. The number of nitrogens with zero attached hydrogens (tertiary/aromatic N) is 8. The van der Waals surface area contributed by atoms with E-state index >= 15 is 0 Å². The molecule has 11 nitrogen and oxygen atoms in total. The Hall–Kier alpha value is -3.05. The summed E-state index contributed by atoms with van der Waals surface area (Å²) in [6.45, 7) is 9.11. The fourth-order valence-corrected chi connectivity index (χ4v) is 5.37. The minimum Gasteiger partial charge on any atom is -0.377 e. The highest BCUT2D eigenvalue weighted by molar-refractivity contribution is 5.79. The maximum Gasteiger partial charge on any atom is 0.236 e. The third kappa shape index (κ3) is 4.50. The maximum atomic E-state index is 12.8. The first-order valence-electron chi connectivity index (χ1n) is 12.3. The van der Waals surface area contributed by atoms with E-state index in [9.17, 15) is 4.79 Å². The van der Waals surface area contributed by atoms with Crippen molar-refractivity contribution < 1.29 is 9.53 Å². The first-order valence-corrected chi connectivity index (χ1v) is 12.3. The van der Waals surface area contributed by atoms with E-state index in [1.807, 2.05) is 23.9 Å². The number of likely N-dealkylation sites (N-methyl/N-ethyl adjacent to an activating group) is 1. The second-order valence-corrected chi connectivity index (χ2v) is 10.3. The molecule has 2 saturated heterocycles. The summed E-state index contributed by atoms with van der Waals surface area (Å²) < 4.78 is 5.65. The fraction of sp³-hybridized carbons (Fsp3) is 0.625. The van der Waals surface area contributed by atoms with Gasteiger partial charge in [0.15, 0.2) is 0 Å². The monoisotopic (exact) mass is 481 g/mol. The van der Waals surface area contributed by atoms with Crippen molar-refractivity contribution in [1.29, 1.82) is 0 Å². The number of carbonyl (C=O) groups excluding carboxylic acids is 1. The van der Waals surface area contributed by atoms with E-state index in [0.717, 1.165) is 55.1 Å². The van der Waals surface area contributed by atoms with E-state index in [0.29, 0.717) is 32.3 Å². The van der Waals surface area contributed by atoms with Crippen LogP contribution in [-0.4, -0.2) is 107 Å². The molecule has 0 saturated carbocycles. The molecule has 2 fully saturated rings. The number of morpholine rings is 1.